The minimum absolute atomic E-state index is 0.0919. The molecule has 1 atom stereocenters. The second-order valence-corrected chi connectivity index (χ2v) is 11.2. The van der Waals surface area contributed by atoms with E-state index in [2.05, 4.69) is 5.32 Å². The van der Waals surface area contributed by atoms with Crippen LogP contribution in [0.3, 0.4) is 0 Å². The third-order valence-corrected chi connectivity index (χ3v) is 7.47. The van der Waals surface area contributed by atoms with Crippen molar-refractivity contribution in [1.29, 1.82) is 0 Å². The van der Waals surface area contributed by atoms with Crippen LogP contribution in [-0.2, 0) is 26.3 Å². The van der Waals surface area contributed by atoms with Crippen molar-refractivity contribution >= 4 is 27.7 Å². The van der Waals surface area contributed by atoms with Gasteiger partial charge in [0, 0.05) is 26.7 Å². The van der Waals surface area contributed by atoms with E-state index in [0.717, 1.165) is 25.3 Å². The van der Waals surface area contributed by atoms with E-state index >= 15 is 0 Å². The second kappa shape index (κ2) is 12.2. The number of carbonyl (C=O) groups excluding carboxylic acids is 2. The molecule has 0 aromatic heterocycles. The monoisotopic (exact) mass is 502 g/mol. The highest BCUT2D eigenvalue weighted by molar-refractivity contribution is 7.90. The average molecular weight is 503 g/mol. The zero-order valence-corrected chi connectivity index (χ0v) is 22.6. The van der Waals surface area contributed by atoms with Crippen molar-refractivity contribution in [3.05, 3.63) is 65.2 Å². The number of nitrogens with zero attached hydrogens (tertiary/aromatic N) is 3. The summed E-state index contributed by atoms with van der Waals surface area (Å²) in [6.07, 6.45) is 0.390. The van der Waals surface area contributed by atoms with Gasteiger partial charge in [-0.2, -0.15) is 12.7 Å². The Kier molecular flexibility index (Phi) is 9.85. The van der Waals surface area contributed by atoms with E-state index in [1.54, 1.807) is 6.07 Å². The van der Waals surface area contributed by atoms with Gasteiger partial charge in [0.25, 0.3) is 0 Å². The molecule has 8 nitrogen and oxygen atoms in total. The predicted octanol–water partition coefficient (Wildman–Crippen LogP) is 3.25. The Morgan fingerprint density at radius 3 is 2.17 bits per heavy atom. The van der Waals surface area contributed by atoms with Crippen LogP contribution in [0, 0.1) is 13.8 Å². The largest absolute Gasteiger partial charge is 0.352 e. The van der Waals surface area contributed by atoms with E-state index in [4.69, 9.17) is 0 Å². The Labute approximate surface area is 210 Å². The molecule has 0 aliphatic carbocycles. The van der Waals surface area contributed by atoms with Crippen molar-refractivity contribution in [3.63, 3.8) is 0 Å². The summed E-state index contributed by atoms with van der Waals surface area (Å²) in [5.41, 5.74) is 2.89. The van der Waals surface area contributed by atoms with Gasteiger partial charge < -0.3 is 10.2 Å². The number of carbonyl (C=O) groups is 2. The van der Waals surface area contributed by atoms with Gasteiger partial charge in [0.05, 0.1) is 5.69 Å². The summed E-state index contributed by atoms with van der Waals surface area (Å²) in [6, 6.07) is 14.0. The van der Waals surface area contributed by atoms with E-state index in [1.165, 1.54) is 19.0 Å². The lowest BCUT2D eigenvalue weighted by molar-refractivity contribution is -0.140. The first-order chi connectivity index (χ1) is 16.4. The van der Waals surface area contributed by atoms with Crippen LogP contribution in [0.5, 0.6) is 0 Å². The van der Waals surface area contributed by atoms with Gasteiger partial charge in [-0.1, -0.05) is 49.4 Å². The molecule has 1 N–H and O–H groups in total. The maximum Gasteiger partial charge on any atom is 0.304 e. The molecular formula is C26H38N4O4S. The fraction of sp³-hybridized carbons (Fsp3) is 0.462. The van der Waals surface area contributed by atoms with Gasteiger partial charge in [0.2, 0.25) is 11.8 Å². The van der Waals surface area contributed by atoms with E-state index < -0.39 is 28.7 Å². The number of benzene rings is 2. The molecule has 0 fully saturated rings. The molecule has 35 heavy (non-hydrogen) atoms. The van der Waals surface area contributed by atoms with Crippen LogP contribution in [0.4, 0.5) is 5.69 Å². The first-order valence-corrected chi connectivity index (χ1v) is 13.2. The lowest BCUT2D eigenvalue weighted by Gasteiger charge is -2.34. The van der Waals surface area contributed by atoms with Crippen LogP contribution < -0.4 is 9.62 Å². The Balaban J connectivity index is 2.54. The molecule has 0 saturated heterocycles. The highest BCUT2D eigenvalue weighted by atomic mass is 32.2. The molecule has 1 unspecified atom stereocenters. The Hall–Kier alpha value is -2.91. The third kappa shape index (κ3) is 7.29. The van der Waals surface area contributed by atoms with Crippen LogP contribution in [0.15, 0.2) is 48.5 Å². The van der Waals surface area contributed by atoms with Crippen molar-refractivity contribution in [1.82, 2.24) is 14.5 Å². The maximum atomic E-state index is 13.8. The maximum absolute atomic E-state index is 13.8. The third-order valence-electron chi connectivity index (χ3n) is 5.66. The Morgan fingerprint density at radius 2 is 1.63 bits per heavy atom. The quantitative estimate of drug-likeness (QED) is 0.511. The van der Waals surface area contributed by atoms with Crippen LogP contribution in [0.25, 0.3) is 0 Å². The number of nitrogens with one attached hydrogen (secondary N) is 1. The molecular weight excluding hydrogens is 464 g/mol. The molecule has 0 aliphatic rings. The van der Waals surface area contributed by atoms with Crippen LogP contribution in [-0.4, -0.2) is 62.2 Å². The summed E-state index contributed by atoms with van der Waals surface area (Å²) in [6.45, 7) is 9.00. The summed E-state index contributed by atoms with van der Waals surface area (Å²) < 4.78 is 28.9. The lowest BCUT2D eigenvalue weighted by atomic mass is 10.1. The average Bonchev–Trinajstić information content (AvgIpc) is 2.79. The van der Waals surface area contributed by atoms with E-state index in [0.29, 0.717) is 12.1 Å². The van der Waals surface area contributed by atoms with Crippen molar-refractivity contribution in [3.8, 4) is 0 Å². The Morgan fingerprint density at radius 1 is 1.00 bits per heavy atom. The highest BCUT2D eigenvalue weighted by Crippen LogP contribution is 2.26. The van der Waals surface area contributed by atoms with Gasteiger partial charge in [-0.3, -0.25) is 9.59 Å². The summed E-state index contributed by atoms with van der Waals surface area (Å²) in [5.74, 6) is -0.716. The summed E-state index contributed by atoms with van der Waals surface area (Å²) in [5, 5.41) is 2.89. The van der Waals surface area contributed by atoms with Gasteiger partial charge >= 0.3 is 10.2 Å². The molecule has 2 amide bonds. The molecule has 0 spiro atoms. The normalized spacial score (nSPS) is 12.5. The first kappa shape index (κ1) is 28.3. The molecule has 2 aromatic rings. The smallest absolute Gasteiger partial charge is 0.304 e. The van der Waals surface area contributed by atoms with Gasteiger partial charge in [-0.25, -0.2) is 4.31 Å². The SMILES string of the molecule is CCC(C(=O)NC(C)C)N(Cc1ccccc1)C(=O)CN(c1cc(C)ccc1C)S(=O)(=O)N(C)C. The van der Waals surface area contributed by atoms with Gasteiger partial charge in [-0.15, -0.1) is 0 Å². The fourth-order valence-electron chi connectivity index (χ4n) is 3.77. The summed E-state index contributed by atoms with van der Waals surface area (Å²) in [7, 11) is -1.12. The minimum Gasteiger partial charge on any atom is -0.352 e. The standard InChI is InChI=1S/C26H38N4O4S/c1-8-23(26(32)27-19(2)3)29(17-22-12-10-9-11-13-22)25(31)18-30(35(33,34)28(6)7)24-16-20(4)14-15-21(24)5/h9-16,19,23H,8,17-18H2,1-7H3,(H,27,32). The van der Waals surface area contributed by atoms with Crippen molar-refractivity contribution in [2.45, 2.75) is 59.7 Å². The molecule has 0 heterocycles. The lowest BCUT2D eigenvalue weighted by Crippen LogP contribution is -2.54. The predicted molar refractivity (Wildman–Crippen MR) is 140 cm³/mol. The van der Waals surface area contributed by atoms with Crippen LogP contribution in [0.2, 0.25) is 0 Å². The van der Waals surface area contributed by atoms with Crippen molar-refractivity contribution in [2.75, 3.05) is 24.9 Å². The zero-order chi connectivity index (χ0) is 26.3. The number of anilines is 1. The second-order valence-electron chi connectivity index (χ2n) is 9.18. The van der Waals surface area contributed by atoms with E-state index in [1.807, 2.05) is 77.1 Å². The van der Waals surface area contributed by atoms with Gasteiger partial charge in [0.1, 0.15) is 12.6 Å². The molecule has 2 rings (SSSR count). The topological polar surface area (TPSA) is 90.0 Å². The molecule has 9 heteroatoms. The number of aryl methyl sites for hydroxylation is 2. The number of rotatable bonds is 11. The molecule has 2 aromatic carbocycles. The molecule has 192 valence electrons. The van der Waals surface area contributed by atoms with Crippen LogP contribution in [0.1, 0.15) is 43.9 Å². The molecule has 0 radical (unpaired) electrons. The summed E-state index contributed by atoms with van der Waals surface area (Å²) in [4.78, 5) is 28.3. The molecule has 0 saturated carbocycles. The number of amides is 2. The fourth-order valence-corrected chi connectivity index (χ4v) is 4.88. The Bertz CT molecular complexity index is 1120. The first-order valence-electron chi connectivity index (χ1n) is 11.8. The highest BCUT2D eigenvalue weighted by Gasteiger charge is 2.34. The number of hydrogen-bond donors (Lipinski definition) is 1. The molecule has 0 bridgehead atoms. The minimum atomic E-state index is -3.99. The van der Waals surface area contributed by atoms with Gasteiger partial charge in [-0.05, 0) is 56.9 Å². The number of hydrogen-bond acceptors (Lipinski definition) is 4. The van der Waals surface area contributed by atoms with Crippen molar-refractivity contribution < 1.29 is 18.0 Å². The van der Waals surface area contributed by atoms with Crippen molar-refractivity contribution in [2.24, 2.45) is 0 Å². The van der Waals surface area contributed by atoms with E-state index in [-0.39, 0.29) is 18.5 Å². The summed E-state index contributed by atoms with van der Waals surface area (Å²) >= 11 is 0. The van der Waals surface area contributed by atoms with Crippen LogP contribution >= 0.6 is 0 Å². The zero-order valence-electron chi connectivity index (χ0n) is 21.8. The van der Waals surface area contributed by atoms with E-state index in [9.17, 15) is 18.0 Å². The van der Waals surface area contributed by atoms with Gasteiger partial charge in [0.15, 0.2) is 0 Å². The molecule has 0 aliphatic heterocycles.